The Balaban J connectivity index is 1.63. The van der Waals surface area contributed by atoms with Gasteiger partial charge in [-0.1, -0.05) is 43.3 Å². The maximum absolute atomic E-state index is 13.0. The monoisotopic (exact) mass is 379 g/mol. The van der Waals surface area contributed by atoms with Crippen LogP contribution < -0.4 is 10.2 Å². The number of anilines is 2. The lowest BCUT2D eigenvalue weighted by molar-refractivity contribution is -0.134. The maximum Gasteiger partial charge on any atom is 0.245 e. The molecule has 0 saturated heterocycles. The molecule has 0 spiro atoms. The summed E-state index contributed by atoms with van der Waals surface area (Å²) in [7, 11) is 1.69. The molecule has 1 N–H and O–H groups in total. The Hall–Kier alpha value is -2.82. The molecule has 1 atom stereocenters. The summed E-state index contributed by atoms with van der Waals surface area (Å²) in [5.41, 5.74) is 4.31. The molecule has 3 rings (SSSR count). The van der Waals surface area contributed by atoms with Gasteiger partial charge in [0, 0.05) is 25.0 Å². The van der Waals surface area contributed by atoms with Gasteiger partial charge in [0.15, 0.2) is 0 Å². The number of carbonyl (C=O) groups is 2. The third-order valence-electron chi connectivity index (χ3n) is 5.40. The second-order valence-corrected chi connectivity index (χ2v) is 7.35. The third kappa shape index (κ3) is 4.35. The van der Waals surface area contributed by atoms with Gasteiger partial charge in [0.2, 0.25) is 11.8 Å². The van der Waals surface area contributed by atoms with Crippen molar-refractivity contribution in [3.8, 4) is 0 Å². The predicted molar refractivity (Wildman–Crippen MR) is 114 cm³/mol. The number of para-hydroxylation sites is 2. The van der Waals surface area contributed by atoms with Crippen LogP contribution in [0.5, 0.6) is 0 Å². The summed E-state index contributed by atoms with van der Waals surface area (Å²) >= 11 is 0. The molecule has 0 saturated carbocycles. The Labute approximate surface area is 167 Å². The minimum Gasteiger partial charge on any atom is -0.360 e. The van der Waals surface area contributed by atoms with E-state index in [0.29, 0.717) is 0 Å². The molecule has 1 aliphatic rings. The van der Waals surface area contributed by atoms with Crippen molar-refractivity contribution in [3.05, 3.63) is 59.7 Å². The molecule has 0 fully saturated rings. The summed E-state index contributed by atoms with van der Waals surface area (Å²) in [4.78, 5) is 29.1. The van der Waals surface area contributed by atoms with Crippen molar-refractivity contribution in [3.63, 3.8) is 0 Å². The summed E-state index contributed by atoms with van der Waals surface area (Å²) in [6, 6.07) is 15.7. The molecule has 2 aromatic carbocycles. The van der Waals surface area contributed by atoms with Crippen LogP contribution in [0, 0.1) is 0 Å². The fraction of sp³-hybridized carbons (Fsp3) is 0.391. The summed E-state index contributed by atoms with van der Waals surface area (Å²) in [6.07, 6.45) is 2.92. The van der Waals surface area contributed by atoms with Crippen LogP contribution in [0.25, 0.3) is 0 Å². The van der Waals surface area contributed by atoms with Crippen LogP contribution in [0.2, 0.25) is 0 Å². The molecule has 1 heterocycles. The first kappa shape index (κ1) is 19.9. The molecular weight excluding hydrogens is 350 g/mol. The third-order valence-corrected chi connectivity index (χ3v) is 5.40. The lowest BCUT2D eigenvalue weighted by Gasteiger charge is -2.37. The highest BCUT2D eigenvalue weighted by atomic mass is 16.2. The van der Waals surface area contributed by atoms with Gasteiger partial charge in [-0.15, -0.1) is 0 Å². The molecule has 28 heavy (non-hydrogen) atoms. The Morgan fingerprint density at radius 1 is 1.14 bits per heavy atom. The highest BCUT2D eigenvalue weighted by Crippen LogP contribution is 2.28. The van der Waals surface area contributed by atoms with Crippen molar-refractivity contribution in [2.24, 2.45) is 0 Å². The second-order valence-electron chi connectivity index (χ2n) is 7.35. The first-order chi connectivity index (χ1) is 13.5. The summed E-state index contributed by atoms with van der Waals surface area (Å²) in [5.74, 6) is -0.223. The smallest absolute Gasteiger partial charge is 0.245 e. The molecule has 2 amide bonds. The zero-order valence-electron chi connectivity index (χ0n) is 16.9. The second kappa shape index (κ2) is 8.91. The van der Waals surface area contributed by atoms with Crippen LogP contribution in [-0.4, -0.2) is 42.9 Å². The fourth-order valence-corrected chi connectivity index (χ4v) is 3.85. The van der Waals surface area contributed by atoms with Gasteiger partial charge >= 0.3 is 0 Å². The molecular formula is C23H29N3O2. The average molecular weight is 380 g/mol. The fourth-order valence-electron chi connectivity index (χ4n) is 3.85. The van der Waals surface area contributed by atoms with E-state index in [1.807, 2.05) is 43.3 Å². The number of likely N-dealkylation sites (N-methyl/N-ethyl adjacent to an activating group) is 1. The Bertz CT molecular complexity index is 849. The molecule has 148 valence electrons. The standard InChI is InChI=1S/C23H29N3O2/c1-4-18-10-5-7-13-20(18)24-22(27)16-25(3)23(28)17(2)26-15-9-12-19-11-6-8-14-21(19)26/h5-8,10-11,13-14,17H,4,9,12,15-16H2,1-3H3,(H,24,27)/t17-/m0/s1. The molecule has 0 unspecified atom stereocenters. The number of nitrogens with one attached hydrogen (secondary N) is 1. The van der Waals surface area contributed by atoms with Crippen LogP contribution in [0.4, 0.5) is 11.4 Å². The van der Waals surface area contributed by atoms with Crippen LogP contribution in [-0.2, 0) is 22.4 Å². The molecule has 2 aromatic rings. The zero-order valence-corrected chi connectivity index (χ0v) is 16.9. The van der Waals surface area contributed by atoms with Crippen LogP contribution in [0.1, 0.15) is 31.4 Å². The van der Waals surface area contributed by atoms with Crippen molar-refractivity contribution in [2.75, 3.05) is 30.4 Å². The number of hydrogen-bond acceptors (Lipinski definition) is 3. The quantitative estimate of drug-likeness (QED) is 0.836. The van der Waals surface area contributed by atoms with Crippen molar-refractivity contribution in [1.82, 2.24) is 4.90 Å². The molecule has 0 radical (unpaired) electrons. The molecule has 0 bridgehead atoms. The Morgan fingerprint density at radius 2 is 1.86 bits per heavy atom. The number of amides is 2. The number of carbonyl (C=O) groups excluding carboxylic acids is 2. The summed E-state index contributed by atoms with van der Waals surface area (Å²) < 4.78 is 0. The number of aryl methyl sites for hydroxylation is 2. The number of fused-ring (bicyclic) bond motifs is 1. The van der Waals surface area contributed by atoms with E-state index in [9.17, 15) is 9.59 Å². The van der Waals surface area contributed by atoms with Gasteiger partial charge in [-0.3, -0.25) is 9.59 Å². The summed E-state index contributed by atoms with van der Waals surface area (Å²) in [5, 5.41) is 2.93. The van der Waals surface area contributed by atoms with E-state index in [1.54, 1.807) is 7.05 Å². The lowest BCUT2D eigenvalue weighted by atomic mass is 10.00. The number of rotatable bonds is 6. The molecule has 5 nitrogen and oxygen atoms in total. The van der Waals surface area contributed by atoms with E-state index in [1.165, 1.54) is 10.5 Å². The van der Waals surface area contributed by atoms with E-state index in [4.69, 9.17) is 0 Å². The molecule has 1 aliphatic heterocycles. The molecule has 5 heteroatoms. The van der Waals surface area contributed by atoms with E-state index < -0.39 is 0 Å². The minimum atomic E-state index is -0.304. The molecule has 0 aliphatic carbocycles. The normalized spacial score (nSPS) is 14.2. The van der Waals surface area contributed by atoms with Gasteiger partial charge in [-0.25, -0.2) is 0 Å². The van der Waals surface area contributed by atoms with Gasteiger partial charge in [-0.05, 0) is 49.4 Å². The maximum atomic E-state index is 13.0. The number of nitrogens with zero attached hydrogens (tertiary/aromatic N) is 2. The van der Waals surface area contributed by atoms with Gasteiger partial charge in [0.05, 0.1) is 6.54 Å². The van der Waals surface area contributed by atoms with Crippen LogP contribution in [0.15, 0.2) is 48.5 Å². The van der Waals surface area contributed by atoms with Crippen molar-refractivity contribution >= 4 is 23.2 Å². The largest absolute Gasteiger partial charge is 0.360 e. The lowest BCUT2D eigenvalue weighted by Crippen LogP contribution is -2.49. The highest BCUT2D eigenvalue weighted by Gasteiger charge is 2.28. The van der Waals surface area contributed by atoms with Gasteiger partial charge in [0.25, 0.3) is 0 Å². The SMILES string of the molecule is CCc1ccccc1NC(=O)CN(C)C(=O)[C@H](C)N1CCCc2ccccc21. The first-order valence-corrected chi connectivity index (χ1v) is 9.98. The van der Waals surface area contributed by atoms with E-state index in [2.05, 4.69) is 29.3 Å². The van der Waals surface area contributed by atoms with Crippen molar-refractivity contribution < 1.29 is 9.59 Å². The topological polar surface area (TPSA) is 52.7 Å². The van der Waals surface area contributed by atoms with Gasteiger partial charge in [0.1, 0.15) is 6.04 Å². The van der Waals surface area contributed by atoms with E-state index >= 15 is 0 Å². The first-order valence-electron chi connectivity index (χ1n) is 9.98. The van der Waals surface area contributed by atoms with Crippen molar-refractivity contribution in [2.45, 2.75) is 39.2 Å². The number of hydrogen-bond donors (Lipinski definition) is 1. The number of benzene rings is 2. The predicted octanol–water partition coefficient (Wildman–Crippen LogP) is 3.49. The minimum absolute atomic E-state index is 0.0384. The van der Waals surface area contributed by atoms with Gasteiger partial charge in [-0.2, -0.15) is 0 Å². The zero-order chi connectivity index (χ0) is 20.1. The Morgan fingerprint density at radius 3 is 2.64 bits per heavy atom. The summed E-state index contributed by atoms with van der Waals surface area (Å²) in [6.45, 7) is 4.87. The van der Waals surface area contributed by atoms with Crippen LogP contribution >= 0.6 is 0 Å². The van der Waals surface area contributed by atoms with E-state index in [0.717, 1.165) is 42.7 Å². The molecule has 0 aromatic heterocycles. The van der Waals surface area contributed by atoms with E-state index in [-0.39, 0.29) is 24.4 Å². The Kier molecular flexibility index (Phi) is 6.34. The highest BCUT2D eigenvalue weighted by molar-refractivity contribution is 5.96. The average Bonchev–Trinajstić information content (AvgIpc) is 2.72. The van der Waals surface area contributed by atoms with Crippen LogP contribution in [0.3, 0.4) is 0 Å². The van der Waals surface area contributed by atoms with Gasteiger partial charge < -0.3 is 15.1 Å². The van der Waals surface area contributed by atoms with Crippen molar-refractivity contribution in [1.29, 1.82) is 0 Å².